The van der Waals surface area contributed by atoms with Crippen molar-refractivity contribution in [2.24, 2.45) is 5.92 Å². The van der Waals surface area contributed by atoms with Gasteiger partial charge in [0.15, 0.2) is 0 Å². The predicted octanol–water partition coefficient (Wildman–Crippen LogP) is 3.45. The zero-order valence-electron chi connectivity index (χ0n) is 10.9. The molecule has 1 heterocycles. The summed E-state index contributed by atoms with van der Waals surface area (Å²) in [6.07, 6.45) is 0. The number of rotatable bonds is 0. The first kappa shape index (κ1) is 14.2. The summed E-state index contributed by atoms with van der Waals surface area (Å²) in [5, 5.41) is 0. The van der Waals surface area contributed by atoms with Crippen molar-refractivity contribution in [3.63, 3.8) is 0 Å². The smallest absolute Gasteiger partial charge is 0.0343 e. The maximum absolute atomic E-state index is 3.19. The maximum Gasteiger partial charge on any atom is 0.0343 e. The fourth-order valence-electron chi connectivity index (χ4n) is 2.60. The fourth-order valence-corrected chi connectivity index (χ4v) is 2.60. The molecule has 2 rings (SSSR count). The number of anilines is 1. The molecule has 1 radical (unpaired) electrons. The van der Waals surface area contributed by atoms with Crippen LogP contribution in [0.3, 0.4) is 0 Å². The Balaban J connectivity index is 0.00000128. The summed E-state index contributed by atoms with van der Waals surface area (Å²) >= 11 is 0. The molecule has 1 aromatic carbocycles. The molecule has 0 N–H and O–H groups in total. The van der Waals surface area contributed by atoms with E-state index in [1.54, 1.807) is 0 Å². The third-order valence-corrected chi connectivity index (χ3v) is 4.45. The van der Waals surface area contributed by atoms with Crippen molar-refractivity contribution in [2.45, 2.75) is 39.2 Å². The molecule has 2 atom stereocenters. The van der Waals surface area contributed by atoms with Gasteiger partial charge in [0.1, 0.15) is 0 Å². The van der Waals surface area contributed by atoms with E-state index < -0.39 is 0 Å². The Labute approximate surface area is 124 Å². The maximum atomic E-state index is 3.19. The third-order valence-electron chi connectivity index (χ3n) is 4.45. The molecule has 2 unspecified atom stereocenters. The largest absolute Gasteiger partial charge is 0.391 e. The Bertz CT molecular complexity index is 373. The minimum absolute atomic E-state index is 0. The average Bonchev–Trinajstić information content (AvgIpc) is 2.24. The van der Waals surface area contributed by atoms with Crippen LogP contribution < -0.4 is 4.90 Å². The van der Waals surface area contributed by atoms with Crippen LogP contribution in [0.15, 0.2) is 18.2 Å². The van der Waals surface area contributed by atoms with Crippen LogP contribution >= 0.6 is 0 Å². The van der Waals surface area contributed by atoms with E-state index in [2.05, 4.69) is 57.8 Å². The molecule has 0 bridgehead atoms. The molecule has 0 aliphatic carbocycles. The second-order valence-electron chi connectivity index (χ2n) is 5.27. The summed E-state index contributed by atoms with van der Waals surface area (Å²) in [5.41, 5.74) is 3.03. The summed E-state index contributed by atoms with van der Waals surface area (Å²) in [6, 6.07) is 9.52. The molecule has 1 aliphatic heterocycles. The first-order chi connectivity index (χ1) is 6.96. The van der Waals surface area contributed by atoms with Gasteiger partial charge in [-0.2, -0.15) is 18.2 Å². The van der Waals surface area contributed by atoms with E-state index in [9.17, 15) is 0 Å². The van der Waals surface area contributed by atoms with Gasteiger partial charge in [-0.1, -0.05) is 25.5 Å². The summed E-state index contributed by atoms with van der Waals surface area (Å²) < 4.78 is 0. The van der Waals surface area contributed by atoms with E-state index in [0.717, 1.165) is 0 Å². The van der Waals surface area contributed by atoms with E-state index >= 15 is 0 Å². The number of hydrogen-bond donors (Lipinski definition) is 0. The number of hydrogen-bond acceptors (Lipinski definition) is 1. The third kappa shape index (κ3) is 1.97. The van der Waals surface area contributed by atoms with Crippen LogP contribution in [0.4, 0.5) is 5.69 Å². The van der Waals surface area contributed by atoms with Gasteiger partial charge >= 0.3 is 0 Å². The molecule has 0 aromatic heterocycles. The van der Waals surface area contributed by atoms with Crippen molar-refractivity contribution < 1.29 is 32.7 Å². The summed E-state index contributed by atoms with van der Waals surface area (Å²) in [5.74, 6) is 1.27. The van der Waals surface area contributed by atoms with E-state index in [0.29, 0.717) is 11.8 Å². The predicted molar refractivity (Wildman–Crippen MR) is 65.3 cm³/mol. The van der Waals surface area contributed by atoms with Crippen LogP contribution in [0, 0.1) is 12.0 Å². The Kier molecular flexibility index (Phi) is 4.24. The van der Waals surface area contributed by atoms with Gasteiger partial charge in [0.25, 0.3) is 0 Å². The number of benzene rings is 1. The minimum atomic E-state index is 0. The van der Waals surface area contributed by atoms with Gasteiger partial charge in [0, 0.05) is 45.3 Å². The first-order valence-electron chi connectivity index (χ1n) is 5.70. The quantitative estimate of drug-likeness (QED) is 0.662. The molecular weight excluding hydrogens is 271 g/mol. The number of nitrogens with zero attached hydrogens (tertiary/aromatic N) is 1. The van der Waals surface area contributed by atoms with Crippen molar-refractivity contribution in [1.82, 2.24) is 0 Å². The zero-order chi connectivity index (χ0) is 11.2. The van der Waals surface area contributed by atoms with Crippen LogP contribution in [0.1, 0.15) is 39.2 Å². The molecule has 0 saturated heterocycles. The van der Waals surface area contributed by atoms with Crippen molar-refractivity contribution in [3.05, 3.63) is 29.8 Å². The topological polar surface area (TPSA) is 3.24 Å². The van der Waals surface area contributed by atoms with E-state index in [-0.39, 0.29) is 38.2 Å². The molecule has 1 aromatic rings. The standard InChI is InChI=1S/C14H20N.Y/c1-10-11(2)14(3,4)15(5)13-9-7-6-8-12(10)13;/h7-11H,1-5H3;/q-1;. The molecule has 85 valence electrons. The monoisotopic (exact) mass is 291 g/mol. The molecule has 2 heteroatoms. The normalized spacial score (nSPS) is 26.9. The molecule has 0 fully saturated rings. The SMILES string of the molecule is CC1c2c[c-]ccc2N(C)C(C)(C)C1C.[Y]. The van der Waals surface area contributed by atoms with Gasteiger partial charge in [-0.05, 0) is 19.8 Å². The van der Waals surface area contributed by atoms with Gasteiger partial charge < -0.3 is 4.90 Å². The first-order valence-corrected chi connectivity index (χ1v) is 5.70. The van der Waals surface area contributed by atoms with E-state index in [1.807, 2.05) is 6.07 Å². The van der Waals surface area contributed by atoms with Crippen LogP contribution in [-0.4, -0.2) is 12.6 Å². The van der Waals surface area contributed by atoms with Crippen molar-refractivity contribution in [2.75, 3.05) is 11.9 Å². The second-order valence-corrected chi connectivity index (χ2v) is 5.27. The molecule has 16 heavy (non-hydrogen) atoms. The molecule has 0 saturated carbocycles. The van der Waals surface area contributed by atoms with Gasteiger partial charge in [-0.25, -0.2) is 0 Å². The van der Waals surface area contributed by atoms with Crippen LogP contribution in [0.25, 0.3) is 0 Å². The zero-order valence-corrected chi connectivity index (χ0v) is 13.7. The molecule has 0 spiro atoms. The average molecular weight is 291 g/mol. The van der Waals surface area contributed by atoms with Crippen molar-refractivity contribution in [3.8, 4) is 0 Å². The second kappa shape index (κ2) is 4.78. The molecular formula is C14H20NY-. The summed E-state index contributed by atoms with van der Waals surface area (Å²) in [7, 11) is 2.20. The van der Waals surface area contributed by atoms with Gasteiger partial charge in [-0.3, -0.25) is 0 Å². The minimum Gasteiger partial charge on any atom is -0.391 e. The Hall–Kier alpha value is 0.124. The van der Waals surface area contributed by atoms with Gasteiger partial charge in [0.2, 0.25) is 0 Å². The Morgan fingerprint density at radius 1 is 1.31 bits per heavy atom. The molecule has 0 amide bonds. The Morgan fingerprint density at radius 2 is 1.94 bits per heavy atom. The Morgan fingerprint density at radius 3 is 2.56 bits per heavy atom. The van der Waals surface area contributed by atoms with Gasteiger partial charge in [0.05, 0.1) is 0 Å². The summed E-state index contributed by atoms with van der Waals surface area (Å²) in [6.45, 7) is 9.32. The van der Waals surface area contributed by atoms with Crippen molar-refractivity contribution in [1.29, 1.82) is 0 Å². The van der Waals surface area contributed by atoms with E-state index in [4.69, 9.17) is 0 Å². The van der Waals surface area contributed by atoms with Crippen LogP contribution in [-0.2, 0) is 32.7 Å². The number of fused-ring (bicyclic) bond motifs is 1. The van der Waals surface area contributed by atoms with Gasteiger partial charge in [-0.15, -0.1) is 11.6 Å². The molecule has 1 aliphatic rings. The van der Waals surface area contributed by atoms with Crippen LogP contribution in [0.5, 0.6) is 0 Å². The summed E-state index contributed by atoms with van der Waals surface area (Å²) in [4.78, 5) is 2.40. The van der Waals surface area contributed by atoms with Crippen LogP contribution in [0.2, 0.25) is 0 Å². The van der Waals surface area contributed by atoms with E-state index in [1.165, 1.54) is 11.3 Å². The molecule has 1 nitrogen and oxygen atoms in total. The fraction of sp³-hybridized carbons (Fsp3) is 0.571. The van der Waals surface area contributed by atoms with Crippen molar-refractivity contribution >= 4 is 5.69 Å².